The monoisotopic (exact) mass is 317 g/mol. The maximum absolute atomic E-state index is 11.5. The Morgan fingerprint density at radius 2 is 2.16 bits per heavy atom. The van der Waals surface area contributed by atoms with E-state index in [1.165, 1.54) is 0 Å². The number of pyridine rings is 1. The molecule has 19 heavy (non-hydrogen) atoms. The van der Waals surface area contributed by atoms with Gasteiger partial charge in [0, 0.05) is 34.5 Å². The van der Waals surface area contributed by atoms with Crippen molar-refractivity contribution in [3.63, 3.8) is 0 Å². The Morgan fingerprint density at radius 1 is 1.42 bits per heavy atom. The summed E-state index contributed by atoms with van der Waals surface area (Å²) < 4.78 is 13.6. The van der Waals surface area contributed by atoms with Crippen molar-refractivity contribution in [2.24, 2.45) is 0 Å². The van der Waals surface area contributed by atoms with Gasteiger partial charge in [0.1, 0.15) is 11.3 Å². The van der Waals surface area contributed by atoms with E-state index in [9.17, 15) is 4.21 Å². The van der Waals surface area contributed by atoms with E-state index in [0.29, 0.717) is 10.9 Å². The Bertz CT molecular complexity index is 633. The fourth-order valence-corrected chi connectivity index (χ4v) is 4.14. The van der Waals surface area contributed by atoms with Gasteiger partial charge in [-0.1, -0.05) is 11.6 Å². The SMILES string of the molecule is O=S1CCC(n2c(CCl)nc3cc(Cl)cnc32)CC1. The molecular weight excluding hydrogens is 305 g/mol. The van der Waals surface area contributed by atoms with Gasteiger partial charge < -0.3 is 4.57 Å². The molecule has 0 bridgehead atoms. The summed E-state index contributed by atoms with van der Waals surface area (Å²) >= 11 is 11.9. The Labute approximate surface area is 123 Å². The van der Waals surface area contributed by atoms with Gasteiger partial charge in [-0.25, -0.2) is 9.97 Å². The number of hydrogen-bond acceptors (Lipinski definition) is 3. The lowest BCUT2D eigenvalue weighted by Crippen LogP contribution is -2.23. The van der Waals surface area contributed by atoms with Gasteiger partial charge in [-0.3, -0.25) is 4.21 Å². The van der Waals surface area contributed by atoms with Gasteiger partial charge in [-0.2, -0.15) is 0 Å². The molecule has 1 fully saturated rings. The third kappa shape index (κ3) is 2.51. The highest BCUT2D eigenvalue weighted by molar-refractivity contribution is 7.85. The van der Waals surface area contributed by atoms with Gasteiger partial charge in [0.2, 0.25) is 0 Å². The number of imidazole rings is 1. The summed E-state index contributed by atoms with van der Waals surface area (Å²) in [6, 6.07) is 2.09. The van der Waals surface area contributed by atoms with Crippen molar-refractivity contribution < 1.29 is 4.21 Å². The molecule has 0 spiro atoms. The number of halogens is 2. The van der Waals surface area contributed by atoms with Gasteiger partial charge in [0.25, 0.3) is 0 Å². The maximum atomic E-state index is 11.5. The number of nitrogens with zero attached hydrogens (tertiary/aromatic N) is 3. The zero-order valence-corrected chi connectivity index (χ0v) is 12.5. The predicted molar refractivity (Wildman–Crippen MR) is 78.2 cm³/mol. The van der Waals surface area contributed by atoms with E-state index in [1.54, 1.807) is 12.3 Å². The summed E-state index contributed by atoms with van der Waals surface area (Å²) in [5.41, 5.74) is 1.59. The van der Waals surface area contributed by atoms with Gasteiger partial charge in [0.05, 0.1) is 10.9 Å². The van der Waals surface area contributed by atoms with Crippen molar-refractivity contribution in [3.05, 3.63) is 23.1 Å². The molecule has 0 unspecified atom stereocenters. The van der Waals surface area contributed by atoms with E-state index in [0.717, 1.165) is 41.3 Å². The predicted octanol–water partition coefficient (Wildman–Crippen LogP) is 2.91. The van der Waals surface area contributed by atoms with Crippen LogP contribution in [0.15, 0.2) is 12.3 Å². The van der Waals surface area contributed by atoms with Crippen molar-refractivity contribution in [2.75, 3.05) is 11.5 Å². The number of fused-ring (bicyclic) bond motifs is 1. The molecule has 0 aliphatic carbocycles. The Kier molecular flexibility index (Phi) is 3.78. The van der Waals surface area contributed by atoms with Crippen molar-refractivity contribution in [1.29, 1.82) is 0 Å². The molecule has 0 saturated carbocycles. The molecule has 102 valence electrons. The minimum Gasteiger partial charge on any atom is -0.309 e. The lowest BCUT2D eigenvalue weighted by molar-refractivity contribution is 0.460. The first kappa shape index (κ1) is 13.3. The van der Waals surface area contributed by atoms with Gasteiger partial charge in [-0.05, 0) is 18.9 Å². The first-order valence-electron chi connectivity index (χ1n) is 6.12. The molecule has 1 aliphatic rings. The van der Waals surface area contributed by atoms with Crippen LogP contribution in [-0.2, 0) is 16.7 Å². The topological polar surface area (TPSA) is 47.8 Å². The standard InChI is InChI=1S/C12H13Cl2N3OS/c13-6-11-16-10-5-8(14)7-15-12(10)17(11)9-1-3-19(18)4-2-9/h5,7,9H,1-4,6H2. The summed E-state index contributed by atoms with van der Waals surface area (Å²) in [6.07, 6.45) is 3.39. The lowest BCUT2D eigenvalue weighted by atomic mass is 10.1. The normalized spacial score (nSPS) is 23.9. The maximum Gasteiger partial charge on any atom is 0.160 e. The molecule has 0 atom stereocenters. The minimum absolute atomic E-state index is 0.283. The van der Waals surface area contributed by atoms with Crippen molar-refractivity contribution in [2.45, 2.75) is 24.8 Å². The second-order valence-corrected chi connectivity index (χ2v) is 7.01. The molecular formula is C12H13Cl2N3OS. The van der Waals surface area contributed by atoms with Crippen LogP contribution in [-0.4, -0.2) is 30.2 Å². The van der Waals surface area contributed by atoms with Crippen LogP contribution in [0.5, 0.6) is 0 Å². The van der Waals surface area contributed by atoms with Crippen LogP contribution >= 0.6 is 23.2 Å². The van der Waals surface area contributed by atoms with Crippen LogP contribution in [0.4, 0.5) is 0 Å². The lowest BCUT2D eigenvalue weighted by Gasteiger charge is -2.24. The van der Waals surface area contributed by atoms with E-state index in [1.807, 2.05) is 0 Å². The first-order valence-corrected chi connectivity index (χ1v) is 8.52. The fourth-order valence-electron chi connectivity index (χ4n) is 2.52. The zero-order chi connectivity index (χ0) is 13.4. The zero-order valence-electron chi connectivity index (χ0n) is 10.2. The third-order valence-electron chi connectivity index (χ3n) is 3.41. The van der Waals surface area contributed by atoms with Crippen molar-refractivity contribution in [3.8, 4) is 0 Å². The van der Waals surface area contributed by atoms with E-state index in [4.69, 9.17) is 23.2 Å². The molecule has 3 heterocycles. The quantitative estimate of drug-likeness (QED) is 0.800. The van der Waals surface area contributed by atoms with E-state index >= 15 is 0 Å². The van der Waals surface area contributed by atoms with E-state index in [-0.39, 0.29) is 6.04 Å². The highest BCUT2D eigenvalue weighted by atomic mass is 35.5. The van der Waals surface area contributed by atoms with Gasteiger partial charge in [-0.15, -0.1) is 11.6 Å². The Hall–Kier alpha value is -0.650. The first-order chi connectivity index (χ1) is 9.19. The molecule has 7 heteroatoms. The third-order valence-corrected chi connectivity index (χ3v) is 5.24. The van der Waals surface area contributed by atoms with Gasteiger partial charge >= 0.3 is 0 Å². The molecule has 2 aromatic rings. The molecule has 1 aliphatic heterocycles. The van der Waals surface area contributed by atoms with E-state index < -0.39 is 10.8 Å². The summed E-state index contributed by atoms with van der Waals surface area (Å²) in [7, 11) is -0.677. The average molecular weight is 318 g/mol. The largest absolute Gasteiger partial charge is 0.309 e. The molecule has 1 saturated heterocycles. The molecule has 0 aromatic carbocycles. The Balaban J connectivity index is 2.08. The van der Waals surface area contributed by atoms with Crippen molar-refractivity contribution >= 4 is 45.2 Å². The van der Waals surface area contributed by atoms with E-state index in [2.05, 4.69) is 14.5 Å². The number of alkyl halides is 1. The fraction of sp³-hybridized carbons (Fsp3) is 0.500. The smallest absolute Gasteiger partial charge is 0.160 e. The molecule has 4 nitrogen and oxygen atoms in total. The number of aromatic nitrogens is 3. The van der Waals surface area contributed by atoms with Crippen LogP contribution in [0.1, 0.15) is 24.7 Å². The molecule has 0 N–H and O–H groups in total. The summed E-state index contributed by atoms with van der Waals surface area (Å²) in [6.45, 7) is 0. The second-order valence-electron chi connectivity index (χ2n) is 4.61. The van der Waals surface area contributed by atoms with Crippen LogP contribution in [0.3, 0.4) is 0 Å². The highest BCUT2D eigenvalue weighted by Crippen LogP contribution is 2.29. The summed E-state index contributed by atoms with van der Waals surface area (Å²) in [5, 5.41) is 0.572. The summed E-state index contributed by atoms with van der Waals surface area (Å²) in [4.78, 5) is 8.87. The summed E-state index contributed by atoms with van der Waals surface area (Å²) in [5.74, 6) is 2.62. The van der Waals surface area contributed by atoms with Crippen LogP contribution in [0.2, 0.25) is 5.02 Å². The number of rotatable bonds is 2. The van der Waals surface area contributed by atoms with Crippen LogP contribution < -0.4 is 0 Å². The Morgan fingerprint density at radius 3 is 2.84 bits per heavy atom. The molecule has 3 rings (SSSR count). The molecule has 0 amide bonds. The second kappa shape index (κ2) is 5.38. The molecule has 0 radical (unpaired) electrons. The van der Waals surface area contributed by atoms with Crippen LogP contribution in [0.25, 0.3) is 11.2 Å². The molecule has 2 aromatic heterocycles. The van der Waals surface area contributed by atoms with Gasteiger partial charge in [0.15, 0.2) is 5.65 Å². The number of hydrogen-bond donors (Lipinski definition) is 0. The van der Waals surface area contributed by atoms with Crippen LogP contribution in [0, 0.1) is 0 Å². The average Bonchev–Trinajstić information content (AvgIpc) is 2.77. The minimum atomic E-state index is -0.677. The van der Waals surface area contributed by atoms with Crippen molar-refractivity contribution in [1.82, 2.24) is 14.5 Å². The highest BCUT2D eigenvalue weighted by Gasteiger charge is 2.24.